The van der Waals surface area contributed by atoms with Gasteiger partial charge in [-0.05, 0) is 31.2 Å². The van der Waals surface area contributed by atoms with Crippen molar-refractivity contribution in [1.29, 1.82) is 0 Å². The highest BCUT2D eigenvalue weighted by molar-refractivity contribution is 5.92. The number of ether oxygens (including phenoxy) is 8. The normalized spacial score (nSPS) is 21.8. The molecule has 2 aliphatic rings. The lowest BCUT2D eigenvalue weighted by molar-refractivity contribution is -0.176. The standard InChI is InChI=1S/C32H34O11/c1-16-25(43-31(34)18-11-9-8-10-12-18)19-13-22-27(41-15-40-22)29(39-7)23(19)24-20(30(32(16,3)35)42-17(2)33)14-21(36-4)26(37-5)28(24)38-6/h8-14,16,25,30,35H,15H2,1-7H3/t16-,25+,30-,32-/m0/s1. The molecule has 0 saturated carbocycles. The van der Waals surface area contributed by atoms with E-state index in [1.807, 2.05) is 0 Å². The minimum atomic E-state index is -1.81. The van der Waals surface area contributed by atoms with E-state index in [1.54, 1.807) is 49.4 Å². The van der Waals surface area contributed by atoms with Crippen molar-refractivity contribution in [1.82, 2.24) is 0 Å². The highest BCUT2D eigenvalue weighted by Crippen LogP contribution is 2.61. The summed E-state index contributed by atoms with van der Waals surface area (Å²) in [6.07, 6.45) is -2.39. The second kappa shape index (κ2) is 11.6. The molecule has 1 heterocycles. The van der Waals surface area contributed by atoms with Gasteiger partial charge in [0.05, 0.1) is 34.0 Å². The third-order valence-electron chi connectivity index (χ3n) is 7.99. The van der Waals surface area contributed by atoms with Gasteiger partial charge in [0.25, 0.3) is 0 Å². The largest absolute Gasteiger partial charge is 0.493 e. The second-order valence-corrected chi connectivity index (χ2v) is 10.4. The van der Waals surface area contributed by atoms with Crippen LogP contribution in [0, 0.1) is 5.92 Å². The molecule has 0 aromatic heterocycles. The molecule has 43 heavy (non-hydrogen) atoms. The zero-order valence-corrected chi connectivity index (χ0v) is 25.0. The fraction of sp³-hybridized carbons (Fsp3) is 0.375. The summed E-state index contributed by atoms with van der Waals surface area (Å²) in [5, 5.41) is 12.3. The molecule has 4 atom stereocenters. The predicted molar refractivity (Wildman–Crippen MR) is 153 cm³/mol. The predicted octanol–water partition coefficient (Wildman–Crippen LogP) is 5.02. The summed E-state index contributed by atoms with van der Waals surface area (Å²) >= 11 is 0. The first-order valence-corrected chi connectivity index (χ1v) is 13.6. The first-order valence-electron chi connectivity index (χ1n) is 13.6. The highest BCUT2D eigenvalue weighted by atomic mass is 16.7. The third kappa shape index (κ3) is 4.93. The van der Waals surface area contributed by atoms with Gasteiger partial charge in [-0.15, -0.1) is 0 Å². The summed E-state index contributed by atoms with van der Waals surface area (Å²) < 4.78 is 46.8. The number of aliphatic hydroxyl groups is 1. The summed E-state index contributed by atoms with van der Waals surface area (Å²) in [7, 11) is 5.83. The molecule has 3 aromatic rings. The van der Waals surface area contributed by atoms with Gasteiger partial charge in [0, 0.05) is 35.1 Å². The zero-order valence-electron chi connectivity index (χ0n) is 25.0. The third-order valence-corrected chi connectivity index (χ3v) is 7.99. The van der Waals surface area contributed by atoms with Crippen molar-refractivity contribution < 1.29 is 52.6 Å². The number of carbonyl (C=O) groups is 2. The molecule has 0 unspecified atom stereocenters. The lowest BCUT2D eigenvalue weighted by atomic mass is 9.71. The summed E-state index contributed by atoms with van der Waals surface area (Å²) in [5.74, 6) is -0.482. The van der Waals surface area contributed by atoms with Gasteiger partial charge in [-0.25, -0.2) is 4.79 Å². The maximum atomic E-state index is 13.5. The van der Waals surface area contributed by atoms with Crippen molar-refractivity contribution in [2.45, 2.75) is 38.6 Å². The Bertz CT molecular complexity index is 1550. The molecule has 0 spiro atoms. The van der Waals surface area contributed by atoms with E-state index in [1.165, 1.54) is 42.3 Å². The molecule has 0 amide bonds. The van der Waals surface area contributed by atoms with Gasteiger partial charge in [0.15, 0.2) is 29.1 Å². The van der Waals surface area contributed by atoms with Crippen LogP contribution < -0.4 is 28.4 Å². The van der Waals surface area contributed by atoms with Gasteiger partial charge >= 0.3 is 11.9 Å². The topological polar surface area (TPSA) is 128 Å². The maximum absolute atomic E-state index is 13.5. The smallest absolute Gasteiger partial charge is 0.338 e. The van der Waals surface area contributed by atoms with Crippen LogP contribution in [-0.2, 0) is 14.3 Å². The van der Waals surface area contributed by atoms with E-state index in [0.29, 0.717) is 39.3 Å². The van der Waals surface area contributed by atoms with E-state index in [0.717, 1.165) is 0 Å². The fourth-order valence-electron chi connectivity index (χ4n) is 5.75. The minimum absolute atomic E-state index is 0.0671. The summed E-state index contributed by atoms with van der Waals surface area (Å²) in [6.45, 7) is 4.42. The summed E-state index contributed by atoms with van der Waals surface area (Å²) in [6, 6.07) is 11.8. The Morgan fingerprint density at radius 3 is 2.12 bits per heavy atom. The van der Waals surface area contributed by atoms with Gasteiger partial charge in [-0.2, -0.15) is 0 Å². The summed E-state index contributed by atoms with van der Waals surface area (Å²) in [4.78, 5) is 26.1. The van der Waals surface area contributed by atoms with Gasteiger partial charge in [-0.1, -0.05) is 25.1 Å². The molecule has 11 nitrogen and oxygen atoms in total. The van der Waals surface area contributed by atoms with Crippen LogP contribution >= 0.6 is 0 Å². The Morgan fingerprint density at radius 2 is 1.51 bits per heavy atom. The Hall–Kier alpha value is -4.64. The average molecular weight is 595 g/mol. The van der Waals surface area contributed by atoms with Crippen LogP contribution in [0.1, 0.15) is 54.5 Å². The van der Waals surface area contributed by atoms with Crippen LogP contribution in [0.3, 0.4) is 0 Å². The number of carbonyl (C=O) groups excluding carboxylic acids is 2. The Labute approximate surface area is 249 Å². The molecule has 5 rings (SSSR count). The zero-order chi connectivity index (χ0) is 31.1. The lowest BCUT2D eigenvalue weighted by Crippen LogP contribution is -2.46. The van der Waals surface area contributed by atoms with Gasteiger partial charge in [0.1, 0.15) is 11.7 Å². The Kier molecular flexibility index (Phi) is 8.02. The molecule has 0 saturated heterocycles. The molecular formula is C32H34O11. The van der Waals surface area contributed by atoms with Crippen LogP contribution in [0.5, 0.6) is 34.5 Å². The SMILES string of the molecule is COc1cc2c(c(OC)c1OC)-c1c(cc3c(c1OC)OCO3)[C@H](OC(=O)c1ccccc1)[C@H](C)[C@](C)(O)[C@H]2OC(C)=O. The number of methoxy groups -OCH3 is 4. The van der Waals surface area contributed by atoms with E-state index in [-0.39, 0.29) is 29.8 Å². The van der Waals surface area contributed by atoms with E-state index in [9.17, 15) is 14.7 Å². The van der Waals surface area contributed by atoms with Crippen LogP contribution in [0.4, 0.5) is 0 Å². The molecule has 228 valence electrons. The molecular weight excluding hydrogens is 560 g/mol. The summed E-state index contributed by atoms with van der Waals surface area (Å²) in [5.41, 5.74) is 0.0357. The number of fused-ring (bicyclic) bond motifs is 4. The van der Waals surface area contributed by atoms with Crippen molar-refractivity contribution in [3.63, 3.8) is 0 Å². The maximum Gasteiger partial charge on any atom is 0.338 e. The quantitative estimate of drug-likeness (QED) is 0.370. The number of benzene rings is 3. The van der Waals surface area contributed by atoms with Gasteiger partial charge in [-0.3, -0.25) is 4.79 Å². The van der Waals surface area contributed by atoms with Crippen LogP contribution in [-0.4, -0.2) is 57.9 Å². The van der Waals surface area contributed by atoms with E-state index in [2.05, 4.69) is 0 Å². The number of hydrogen-bond donors (Lipinski definition) is 1. The van der Waals surface area contributed by atoms with E-state index < -0.39 is 35.7 Å². The van der Waals surface area contributed by atoms with E-state index >= 15 is 0 Å². The molecule has 0 bridgehead atoms. The highest BCUT2D eigenvalue weighted by Gasteiger charge is 2.51. The average Bonchev–Trinajstić information content (AvgIpc) is 3.48. The van der Waals surface area contributed by atoms with Crippen molar-refractivity contribution in [3.05, 3.63) is 59.2 Å². The molecule has 0 fully saturated rings. The van der Waals surface area contributed by atoms with Crippen molar-refractivity contribution in [2.75, 3.05) is 35.2 Å². The molecule has 1 aliphatic heterocycles. The molecule has 1 N–H and O–H groups in total. The fourth-order valence-corrected chi connectivity index (χ4v) is 5.75. The molecule has 1 aliphatic carbocycles. The second-order valence-electron chi connectivity index (χ2n) is 10.4. The number of hydrogen-bond acceptors (Lipinski definition) is 11. The Morgan fingerprint density at radius 1 is 0.860 bits per heavy atom. The first kappa shape index (κ1) is 29.8. The number of esters is 2. The monoisotopic (exact) mass is 594 g/mol. The first-order chi connectivity index (χ1) is 20.6. The van der Waals surface area contributed by atoms with Crippen LogP contribution in [0.2, 0.25) is 0 Å². The minimum Gasteiger partial charge on any atom is -0.493 e. The van der Waals surface area contributed by atoms with Crippen LogP contribution in [0.15, 0.2) is 42.5 Å². The van der Waals surface area contributed by atoms with Crippen molar-refractivity contribution >= 4 is 11.9 Å². The molecule has 0 radical (unpaired) electrons. The molecule has 3 aromatic carbocycles. The lowest BCUT2D eigenvalue weighted by Gasteiger charge is -2.43. The van der Waals surface area contributed by atoms with Gasteiger partial charge < -0.3 is 43.0 Å². The van der Waals surface area contributed by atoms with E-state index in [4.69, 9.17) is 37.9 Å². The van der Waals surface area contributed by atoms with Gasteiger partial charge in [0.2, 0.25) is 18.3 Å². The number of rotatable bonds is 7. The Balaban J connectivity index is 1.93. The molecule has 11 heteroatoms. The van der Waals surface area contributed by atoms with Crippen molar-refractivity contribution in [3.8, 4) is 45.6 Å². The van der Waals surface area contributed by atoms with Crippen molar-refractivity contribution in [2.24, 2.45) is 5.92 Å². The van der Waals surface area contributed by atoms with Crippen LogP contribution in [0.25, 0.3) is 11.1 Å².